The Balaban J connectivity index is 2.66. The van der Waals surface area contributed by atoms with Crippen LogP contribution in [-0.2, 0) is 14.3 Å². The van der Waals surface area contributed by atoms with Crippen LogP contribution < -0.4 is 0 Å². The number of esters is 1. The van der Waals surface area contributed by atoms with Gasteiger partial charge in [-0.2, -0.15) is 0 Å². The van der Waals surface area contributed by atoms with Crippen LogP contribution in [0.5, 0.6) is 0 Å². The molecule has 1 saturated heterocycles. The van der Waals surface area contributed by atoms with E-state index in [1.54, 1.807) is 13.8 Å². The van der Waals surface area contributed by atoms with Crippen LogP contribution in [0.25, 0.3) is 0 Å². The smallest absolute Gasteiger partial charge is 0.313 e. The molecule has 0 N–H and O–H groups in total. The van der Waals surface area contributed by atoms with Gasteiger partial charge in [0.2, 0.25) is 0 Å². The molecule has 0 unspecified atom stereocenters. The molecule has 1 fully saturated rings. The first kappa shape index (κ1) is 7.25. The highest BCUT2D eigenvalue weighted by molar-refractivity contribution is 5.98. The zero-order valence-corrected chi connectivity index (χ0v) is 6.09. The van der Waals surface area contributed by atoms with Crippen LogP contribution in [0.15, 0.2) is 0 Å². The first-order valence-corrected chi connectivity index (χ1v) is 3.33. The zero-order valence-electron chi connectivity index (χ0n) is 6.09. The maximum atomic E-state index is 10.9. The summed E-state index contributed by atoms with van der Waals surface area (Å²) < 4.78 is 4.81. The molecule has 0 aromatic carbocycles. The van der Waals surface area contributed by atoms with Gasteiger partial charge in [-0.1, -0.05) is 6.92 Å². The van der Waals surface area contributed by atoms with Crippen molar-refractivity contribution in [1.29, 1.82) is 0 Å². The van der Waals surface area contributed by atoms with Crippen molar-refractivity contribution in [2.24, 2.45) is 5.92 Å². The summed E-state index contributed by atoms with van der Waals surface area (Å²) in [6.07, 6.45) is -0.292. The minimum atomic E-state index is -0.393. The molecule has 3 heteroatoms. The fourth-order valence-electron chi connectivity index (χ4n) is 0.916. The van der Waals surface area contributed by atoms with Crippen LogP contribution >= 0.6 is 0 Å². The average molecular weight is 142 g/mol. The molecule has 1 aliphatic heterocycles. The Morgan fingerprint density at radius 2 is 2.00 bits per heavy atom. The van der Waals surface area contributed by atoms with Crippen molar-refractivity contribution in [2.75, 3.05) is 0 Å². The van der Waals surface area contributed by atoms with E-state index in [9.17, 15) is 9.59 Å². The molecular formula is C7H10O3. The molecule has 1 heterocycles. The second kappa shape index (κ2) is 2.40. The second-order valence-corrected chi connectivity index (χ2v) is 2.63. The molecule has 56 valence electrons. The molecule has 1 aliphatic rings. The van der Waals surface area contributed by atoms with E-state index in [2.05, 4.69) is 0 Å². The Morgan fingerprint density at radius 1 is 1.40 bits per heavy atom. The summed E-state index contributed by atoms with van der Waals surface area (Å²) in [5.41, 5.74) is 0. The minimum absolute atomic E-state index is 0.0104. The van der Waals surface area contributed by atoms with E-state index in [0.717, 1.165) is 0 Å². The molecule has 1 rings (SSSR count). The highest BCUT2D eigenvalue weighted by atomic mass is 16.5. The molecule has 0 aliphatic carbocycles. The first-order chi connectivity index (χ1) is 4.61. The first-order valence-electron chi connectivity index (χ1n) is 3.33. The summed E-state index contributed by atoms with van der Waals surface area (Å²) in [5.74, 6) is -0.531. The van der Waals surface area contributed by atoms with Crippen LogP contribution in [0.2, 0.25) is 0 Å². The van der Waals surface area contributed by atoms with Crippen molar-refractivity contribution in [2.45, 2.75) is 26.4 Å². The lowest BCUT2D eigenvalue weighted by molar-refractivity contribution is -0.161. The van der Waals surface area contributed by atoms with Gasteiger partial charge in [0.25, 0.3) is 0 Å². The molecule has 0 aromatic rings. The summed E-state index contributed by atoms with van der Waals surface area (Å²) in [7, 11) is 0. The molecule has 10 heavy (non-hydrogen) atoms. The largest absolute Gasteiger partial charge is 0.462 e. The lowest BCUT2D eigenvalue weighted by Gasteiger charge is -2.23. The summed E-state index contributed by atoms with van der Waals surface area (Å²) in [5, 5.41) is 0. The normalized spacial score (nSPS) is 33.8. The standard InChI is InChI=1S/C7H10O3/c1-4-5(2)10-7(9)3-6(4)8/h4-5H,3H2,1-2H3/t4-,5+/m1/s1. The number of ether oxygens (including phenoxy) is 1. The number of Topliss-reactive ketones (excluding diaryl/α,β-unsaturated/α-hetero) is 1. The Morgan fingerprint density at radius 3 is 2.50 bits per heavy atom. The van der Waals surface area contributed by atoms with Gasteiger partial charge >= 0.3 is 5.97 Å². The molecule has 0 spiro atoms. The lowest BCUT2D eigenvalue weighted by atomic mass is 9.96. The van der Waals surface area contributed by atoms with Crippen LogP contribution in [0, 0.1) is 5.92 Å². The van der Waals surface area contributed by atoms with Crippen molar-refractivity contribution in [1.82, 2.24) is 0 Å². The van der Waals surface area contributed by atoms with E-state index in [1.807, 2.05) is 0 Å². The van der Waals surface area contributed by atoms with Gasteiger partial charge in [-0.3, -0.25) is 9.59 Å². The maximum Gasteiger partial charge on any atom is 0.313 e. The number of hydrogen-bond donors (Lipinski definition) is 0. The van der Waals surface area contributed by atoms with Gasteiger partial charge in [0.1, 0.15) is 18.3 Å². The van der Waals surface area contributed by atoms with E-state index >= 15 is 0 Å². The number of ketones is 1. The molecule has 0 bridgehead atoms. The van der Waals surface area contributed by atoms with Gasteiger partial charge < -0.3 is 4.74 Å². The highest BCUT2D eigenvalue weighted by Crippen LogP contribution is 2.16. The molecule has 0 saturated carbocycles. The summed E-state index contributed by atoms with van der Waals surface area (Å²) in [6, 6.07) is 0. The van der Waals surface area contributed by atoms with E-state index in [1.165, 1.54) is 0 Å². The maximum absolute atomic E-state index is 10.9. The number of hydrogen-bond acceptors (Lipinski definition) is 3. The van der Waals surface area contributed by atoms with Gasteiger partial charge in [0.05, 0.1) is 5.92 Å². The topological polar surface area (TPSA) is 43.4 Å². The molecule has 0 aromatic heterocycles. The van der Waals surface area contributed by atoms with Crippen LogP contribution in [-0.4, -0.2) is 17.9 Å². The van der Waals surface area contributed by atoms with Gasteiger partial charge in [-0.05, 0) is 6.92 Å². The number of rotatable bonds is 0. The van der Waals surface area contributed by atoms with Crippen molar-refractivity contribution < 1.29 is 14.3 Å². The fourth-order valence-corrected chi connectivity index (χ4v) is 0.916. The molecule has 3 nitrogen and oxygen atoms in total. The van der Waals surface area contributed by atoms with E-state index in [0.29, 0.717) is 0 Å². The van der Waals surface area contributed by atoms with E-state index in [4.69, 9.17) is 4.74 Å². The van der Waals surface area contributed by atoms with E-state index in [-0.39, 0.29) is 24.2 Å². The molecular weight excluding hydrogens is 132 g/mol. The van der Waals surface area contributed by atoms with Gasteiger partial charge in [0, 0.05) is 0 Å². The third-order valence-electron chi connectivity index (χ3n) is 1.85. The fraction of sp³-hybridized carbons (Fsp3) is 0.714. The number of carbonyl (C=O) groups excluding carboxylic acids is 2. The SMILES string of the molecule is C[C@@H]1OC(=O)CC(=O)[C@@H]1C. The molecule has 0 radical (unpaired) electrons. The Hall–Kier alpha value is -0.860. The summed E-state index contributed by atoms with van der Waals surface area (Å²) >= 11 is 0. The van der Waals surface area contributed by atoms with Crippen molar-refractivity contribution in [3.05, 3.63) is 0 Å². The van der Waals surface area contributed by atoms with Crippen LogP contribution in [0.1, 0.15) is 20.3 Å². The van der Waals surface area contributed by atoms with Crippen LogP contribution in [0.4, 0.5) is 0 Å². The molecule has 2 atom stereocenters. The third kappa shape index (κ3) is 1.17. The summed E-state index contributed by atoms with van der Waals surface area (Å²) in [6.45, 7) is 3.51. The predicted molar refractivity (Wildman–Crippen MR) is 34.3 cm³/mol. The third-order valence-corrected chi connectivity index (χ3v) is 1.85. The number of cyclic esters (lactones) is 1. The number of carbonyl (C=O) groups is 2. The molecule has 0 amide bonds. The van der Waals surface area contributed by atoms with Gasteiger partial charge in [-0.15, -0.1) is 0 Å². The van der Waals surface area contributed by atoms with Gasteiger partial charge in [-0.25, -0.2) is 0 Å². The second-order valence-electron chi connectivity index (χ2n) is 2.63. The Kier molecular flexibility index (Phi) is 1.74. The van der Waals surface area contributed by atoms with Crippen LogP contribution in [0.3, 0.4) is 0 Å². The Bertz CT molecular complexity index is 174. The zero-order chi connectivity index (χ0) is 7.72. The van der Waals surface area contributed by atoms with Crippen molar-refractivity contribution in [3.63, 3.8) is 0 Å². The monoisotopic (exact) mass is 142 g/mol. The lowest BCUT2D eigenvalue weighted by Crippen LogP contribution is -2.35. The Labute approximate surface area is 59.4 Å². The minimum Gasteiger partial charge on any atom is -0.462 e. The quantitative estimate of drug-likeness (QED) is 0.366. The average Bonchev–Trinajstić information content (AvgIpc) is 1.82. The van der Waals surface area contributed by atoms with Crippen molar-refractivity contribution in [3.8, 4) is 0 Å². The van der Waals surface area contributed by atoms with E-state index < -0.39 is 5.97 Å². The van der Waals surface area contributed by atoms with Gasteiger partial charge in [0.15, 0.2) is 0 Å². The van der Waals surface area contributed by atoms with Crippen molar-refractivity contribution >= 4 is 11.8 Å². The highest BCUT2D eigenvalue weighted by Gasteiger charge is 2.30. The summed E-state index contributed by atoms with van der Waals surface area (Å²) in [4.78, 5) is 21.5. The predicted octanol–water partition coefficient (Wildman–Crippen LogP) is 0.527.